The number of amides is 2. The van der Waals surface area contributed by atoms with Crippen LogP contribution >= 0.6 is 23.1 Å². The number of esters is 1. The first-order valence-electron chi connectivity index (χ1n) is 14.1. The minimum Gasteiger partial charge on any atom is -0.462 e. The lowest BCUT2D eigenvalue weighted by Crippen LogP contribution is -2.26. The highest BCUT2D eigenvalue weighted by atomic mass is 32.2. The van der Waals surface area contributed by atoms with Crippen molar-refractivity contribution in [3.63, 3.8) is 0 Å². The fourth-order valence-electron chi connectivity index (χ4n) is 5.43. The van der Waals surface area contributed by atoms with Crippen LogP contribution in [-0.4, -0.2) is 49.8 Å². The third-order valence-electron chi connectivity index (χ3n) is 7.41. The van der Waals surface area contributed by atoms with Crippen molar-refractivity contribution in [2.75, 3.05) is 17.7 Å². The van der Waals surface area contributed by atoms with E-state index < -0.39 is 10.9 Å². The highest BCUT2D eigenvalue weighted by molar-refractivity contribution is 7.99. The summed E-state index contributed by atoms with van der Waals surface area (Å²) in [6.07, 6.45) is 7.89. The van der Waals surface area contributed by atoms with Gasteiger partial charge in [0.2, 0.25) is 5.91 Å². The molecule has 2 aliphatic rings. The Morgan fingerprint density at radius 1 is 1.12 bits per heavy atom. The number of nitro groups is 1. The number of thiophene rings is 1. The van der Waals surface area contributed by atoms with Crippen molar-refractivity contribution in [3.05, 3.63) is 61.8 Å². The number of nitro benzene ring substituents is 1. The second-order valence-electron chi connectivity index (χ2n) is 10.2. The zero-order valence-electron chi connectivity index (χ0n) is 23.2. The van der Waals surface area contributed by atoms with Crippen LogP contribution in [0.2, 0.25) is 0 Å². The van der Waals surface area contributed by atoms with Crippen molar-refractivity contribution < 1.29 is 24.0 Å². The van der Waals surface area contributed by atoms with Gasteiger partial charge in [-0.15, -0.1) is 21.5 Å². The van der Waals surface area contributed by atoms with Gasteiger partial charge in [0.15, 0.2) is 11.0 Å². The van der Waals surface area contributed by atoms with E-state index in [0.29, 0.717) is 27.1 Å². The number of benzene rings is 1. The summed E-state index contributed by atoms with van der Waals surface area (Å²) in [6.45, 7) is 2.15. The van der Waals surface area contributed by atoms with Crippen LogP contribution in [0.1, 0.15) is 88.5 Å². The molecule has 14 heteroatoms. The number of fused-ring (bicyclic) bond motifs is 1. The van der Waals surface area contributed by atoms with E-state index in [1.807, 2.05) is 4.57 Å². The standard InChI is InChI=1S/C28H32N6O6S2/c1-2-40-27(37)24-20-9-6-10-21(20)42-26(24)30-23(35)16-41-28-32-31-22(33(28)18-7-4-3-5-8-18)15-29-25(36)17-11-13-19(14-12-17)34(38)39/h11-14,18H,2-10,15-16H2,1H3,(H,29,36)(H,30,35). The molecule has 2 amide bonds. The van der Waals surface area contributed by atoms with Crippen molar-refractivity contribution in [1.29, 1.82) is 0 Å². The summed E-state index contributed by atoms with van der Waals surface area (Å²) in [5.41, 5.74) is 1.68. The number of non-ortho nitro benzene ring substituents is 1. The zero-order chi connectivity index (χ0) is 29.6. The zero-order valence-corrected chi connectivity index (χ0v) is 24.9. The fraction of sp³-hybridized carbons (Fsp3) is 0.464. The van der Waals surface area contributed by atoms with Crippen molar-refractivity contribution in [1.82, 2.24) is 20.1 Å². The molecule has 1 aromatic carbocycles. The monoisotopic (exact) mass is 612 g/mol. The molecule has 0 saturated heterocycles. The molecule has 2 aromatic heterocycles. The summed E-state index contributed by atoms with van der Waals surface area (Å²) in [4.78, 5) is 49.9. The normalized spacial score (nSPS) is 14.8. The SMILES string of the molecule is CCOC(=O)c1c(NC(=O)CSc2nnc(CNC(=O)c3ccc([N+](=O)[O-])cc3)n2C2CCCCC2)sc2c1CCC2. The Hall–Kier alpha value is -3.78. The number of aromatic nitrogens is 3. The quantitative estimate of drug-likeness (QED) is 0.130. The molecule has 0 spiro atoms. The van der Waals surface area contributed by atoms with Gasteiger partial charge in [-0.2, -0.15) is 0 Å². The molecule has 3 aromatic rings. The van der Waals surface area contributed by atoms with Gasteiger partial charge < -0.3 is 19.9 Å². The lowest BCUT2D eigenvalue weighted by molar-refractivity contribution is -0.384. The summed E-state index contributed by atoms with van der Waals surface area (Å²) in [7, 11) is 0. The molecule has 1 saturated carbocycles. The molecule has 1 fully saturated rings. The molecule has 0 bridgehead atoms. The number of ether oxygens (including phenoxy) is 1. The first-order valence-corrected chi connectivity index (χ1v) is 15.9. The van der Waals surface area contributed by atoms with Gasteiger partial charge in [0.25, 0.3) is 11.6 Å². The second-order valence-corrected chi connectivity index (χ2v) is 12.2. The van der Waals surface area contributed by atoms with Gasteiger partial charge in [-0.05, 0) is 56.7 Å². The molecule has 0 unspecified atom stereocenters. The maximum Gasteiger partial charge on any atom is 0.341 e. The summed E-state index contributed by atoms with van der Waals surface area (Å²) in [5, 5.41) is 26.5. The van der Waals surface area contributed by atoms with Crippen molar-refractivity contribution >= 4 is 51.6 Å². The number of hydrogen-bond acceptors (Lipinski definition) is 10. The molecule has 0 aliphatic heterocycles. The smallest absolute Gasteiger partial charge is 0.341 e. The molecule has 2 aliphatic carbocycles. The molecule has 0 atom stereocenters. The van der Waals surface area contributed by atoms with Crippen LogP contribution in [0.4, 0.5) is 10.7 Å². The molecule has 2 N–H and O–H groups in total. The number of thioether (sulfide) groups is 1. The maximum absolute atomic E-state index is 13.0. The number of anilines is 1. The number of carbonyl (C=O) groups is 3. The van der Waals surface area contributed by atoms with Crippen LogP contribution in [0.25, 0.3) is 0 Å². The Morgan fingerprint density at radius 2 is 1.88 bits per heavy atom. The van der Waals surface area contributed by atoms with Crippen LogP contribution in [-0.2, 0) is 28.9 Å². The van der Waals surface area contributed by atoms with Gasteiger partial charge in [-0.25, -0.2) is 4.79 Å². The number of nitrogens with one attached hydrogen (secondary N) is 2. The summed E-state index contributed by atoms with van der Waals surface area (Å²) >= 11 is 2.71. The van der Waals surface area contributed by atoms with Gasteiger partial charge >= 0.3 is 5.97 Å². The molecule has 0 radical (unpaired) electrons. The first-order chi connectivity index (χ1) is 20.4. The molecule has 222 valence electrons. The van der Waals surface area contributed by atoms with E-state index in [2.05, 4.69) is 20.8 Å². The number of rotatable bonds is 11. The van der Waals surface area contributed by atoms with Gasteiger partial charge in [0, 0.05) is 28.6 Å². The van der Waals surface area contributed by atoms with Crippen LogP contribution in [0.15, 0.2) is 29.4 Å². The predicted octanol–water partition coefficient (Wildman–Crippen LogP) is 5.08. The van der Waals surface area contributed by atoms with Crippen molar-refractivity contribution in [2.45, 2.75) is 76.0 Å². The minimum absolute atomic E-state index is 0.0742. The number of carbonyl (C=O) groups excluding carboxylic acids is 3. The van der Waals surface area contributed by atoms with E-state index in [9.17, 15) is 24.5 Å². The van der Waals surface area contributed by atoms with Crippen molar-refractivity contribution in [3.8, 4) is 0 Å². The predicted molar refractivity (Wildman–Crippen MR) is 158 cm³/mol. The van der Waals surface area contributed by atoms with Crippen LogP contribution in [0.5, 0.6) is 0 Å². The van der Waals surface area contributed by atoms with Gasteiger partial charge in [0.1, 0.15) is 5.00 Å². The summed E-state index contributed by atoms with van der Waals surface area (Å²) in [5.74, 6) is -0.379. The largest absolute Gasteiger partial charge is 0.462 e. The summed E-state index contributed by atoms with van der Waals surface area (Å²) in [6, 6.07) is 5.56. The second kappa shape index (κ2) is 13.5. The molecule has 42 heavy (non-hydrogen) atoms. The maximum atomic E-state index is 13.0. The highest BCUT2D eigenvalue weighted by Gasteiger charge is 2.29. The Bertz CT molecular complexity index is 1480. The molecular formula is C28H32N6O6S2. The van der Waals surface area contributed by atoms with Gasteiger partial charge in [0.05, 0.1) is 29.4 Å². The third-order valence-corrected chi connectivity index (χ3v) is 9.56. The van der Waals surface area contributed by atoms with Crippen LogP contribution < -0.4 is 10.6 Å². The highest BCUT2D eigenvalue weighted by Crippen LogP contribution is 2.40. The number of hydrogen-bond donors (Lipinski definition) is 2. The topological polar surface area (TPSA) is 158 Å². The van der Waals surface area contributed by atoms with Crippen molar-refractivity contribution in [2.24, 2.45) is 0 Å². The average Bonchev–Trinajstić information content (AvgIpc) is 3.70. The van der Waals surface area contributed by atoms with Gasteiger partial charge in [-0.3, -0.25) is 19.7 Å². The Balaban J connectivity index is 1.27. The van der Waals surface area contributed by atoms with Crippen LogP contribution in [0, 0.1) is 10.1 Å². The first kappa shape index (κ1) is 29.7. The lowest BCUT2D eigenvalue weighted by atomic mass is 9.95. The third kappa shape index (κ3) is 6.65. The van der Waals surface area contributed by atoms with E-state index in [1.54, 1.807) is 6.92 Å². The minimum atomic E-state index is -0.514. The van der Waals surface area contributed by atoms with Gasteiger partial charge in [-0.1, -0.05) is 31.0 Å². The Kier molecular flexibility index (Phi) is 9.52. The average molecular weight is 613 g/mol. The Labute approximate surface area is 250 Å². The number of aryl methyl sites for hydroxylation is 1. The molecule has 5 rings (SSSR count). The molecule has 12 nitrogen and oxygen atoms in total. The van der Waals surface area contributed by atoms with E-state index in [-0.39, 0.29) is 42.4 Å². The van der Waals surface area contributed by atoms with E-state index in [0.717, 1.165) is 61.8 Å². The molecule has 2 heterocycles. The van der Waals surface area contributed by atoms with Crippen LogP contribution in [0.3, 0.4) is 0 Å². The van der Waals surface area contributed by atoms with E-state index in [1.165, 1.54) is 47.4 Å². The molecular weight excluding hydrogens is 580 g/mol. The fourth-order valence-corrected chi connectivity index (χ4v) is 7.55. The lowest BCUT2D eigenvalue weighted by Gasteiger charge is -2.25. The van der Waals surface area contributed by atoms with E-state index >= 15 is 0 Å². The number of nitrogens with zero attached hydrogens (tertiary/aromatic N) is 4. The van der Waals surface area contributed by atoms with E-state index in [4.69, 9.17) is 4.74 Å². The summed E-state index contributed by atoms with van der Waals surface area (Å²) < 4.78 is 7.29. The Morgan fingerprint density at radius 3 is 2.60 bits per heavy atom.